The highest BCUT2D eigenvalue weighted by Crippen LogP contribution is 2.24. The molecular formula is C18H14INO3S. The van der Waals surface area contributed by atoms with Crippen molar-refractivity contribution in [3.63, 3.8) is 0 Å². The van der Waals surface area contributed by atoms with Gasteiger partial charge in [-0.2, -0.15) is 0 Å². The van der Waals surface area contributed by atoms with Crippen LogP contribution >= 0.6 is 22.6 Å². The van der Waals surface area contributed by atoms with Crippen LogP contribution in [0.3, 0.4) is 0 Å². The first kappa shape index (κ1) is 16.8. The second-order valence-electron chi connectivity index (χ2n) is 5.00. The van der Waals surface area contributed by atoms with Crippen molar-refractivity contribution in [1.82, 2.24) is 0 Å². The standard InChI is InChI=1S/C18H14INO3S/c19-14-6-8-16(9-7-14)23-17-10-12-18(13-11-17)24(21,22)20-15-4-2-1-3-5-15/h1-13,20H. The van der Waals surface area contributed by atoms with Crippen LogP contribution in [-0.4, -0.2) is 8.42 Å². The number of benzene rings is 3. The molecule has 0 fully saturated rings. The van der Waals surface area contributed by atoms with Gasteiger partial charge in [-0.3, -0.25) is 4.72 Å². The molecule has 0 saturated heterocycles. The minimum absolute atomic E-state index is 0.182. The number of nitrogens with one attached hydrogen (secondary N) is 1. The van der Waals surface area contributed by atoms with E-state index in [0.717, 1.165) is 3.57 Å². The van der Waals surface area contributed by atoms with Gasteiger partial charge < -0.3 is 4.74 Å². The van der Waals surface area contributed by atoms with Crippen LogP contribution in [0.4, 0.5) is 5.69 Å². The molecule has 3 rings (SSSR count). The molecule has 0 aliphatic carbocycles. The topological polar surface area (TPSA) is 55.4 Å². The van der Waals surface area contributed by atoms with Gasteiger partial charge in [0, 0.05) is 9.26 Å². The Labute approximate surface area is 154 Å². The summed E-state index contributed by atoms with van der Waals surface area (Å²) in [6, 6.07) is 22.7. The van der Waals surface area contributed by atoms with Gasteiger partial charge in [-0.05, 0) is 83.3 Å². The van der Waals surface area contributed by atoms with Crippen LogP contribution in [0.15, 0.2) is 83.8 Å². The molecule has 24 heavy (non-hydrogen) atoms. The summed E-state index contributed by atoms with van der Waals surface area (Å²) in [5.41, 5.74) is 0.525. The number of rotatable bonds is 5. The number of ether oxygens (including phenoxy) is 1. The van der Waals surface area contributed by atoms with Gasteiger partial charge in [-0.25, -0.2) is 8.42 Å². The zero-order chi connectivity index (χ0) is 17.0. The van der Waals surface area contributed by atoms with Crippen molar-refractivity contribution in [2.24, 2.45) is 0 Å². The van der Waals surface area contributed by atoms with E-state index in [9.17, 15) is 8.42 Å². The maximum atomic E-state index is 12.4. The Kier molecular flexibility index (Phi) is 5.06. The largest absolute Gasteiger partial charge is 0.457 e. The zero-order valence-corrected chi connectivity index (χ0v) is 15.5. The fourth-order valence-corrected chi connectivity index (χ4v) is 3.46. The van der Waals surface area contributed by atoms with E-state index < -0.39 is 10.0 Å². The average Bonchev–Trinajstić information content (AvgIpc) is 2.58. The van der Waals surface area contributed by atoms with Crippen molar-refractivity contribution < 1.29 is 13.2 Å². The number of sulfonamides is 1. The summed E-state index contributed by atoms with van der Waals surface area (Å²) in [6.45, 7) is 0. The lowest BCUT2D eigenvalue weighted by molar-refractivity contribution is 0.482. The smallest absolute Gasteiger partial charge is 0.261 e. The van der Waals surface area contributed by atoms with E-state index in [2.05, 4.69) is 27.3 Å². The van der Waals surface area contributed by atoms with Crippen LogP contribution in [0, 0.1) is 3.57 Å². The summed E-state index contributed by atoms with van der Waals surface area (Å²) >= 11 is 2.22. The highest BCUT2D eigenvalue weighted by molar-refractivity contribution is 14.1. The van der Waals surface area contributed by atoms with Gasteiger partial charge in [0.25, 0.3) is 10.0 Å². The van der Waals surface area contributed by atoms with Crippen molar-refractivity contribution >= 4 is 38.3 Å². The maximum Gasteiger partial charge on any atom is 0.261 e. The SMILES string of the molecule is O=S(=O)(Nc1ccccc1)c1ccc(Oc2ccc(I)cc2)cc1. The first-order valence-corrected chi connectivity index (χ1v) is 9.70. The van der Waals surface area contributed by atoms with Crippen LogP contribution in [0.1, 0.15) is 0 Å². The monoisotopic (exact) mass is 451 g/mol. The van der Waals surface area contributed by atoms with Gasteiger partial charge in [0.2, 0.25) is 0 Å². The maximum absolute atomic E-state index is 12.4. The predicted octanol–water partition coefficient (Wildman–Crippen LogP) is 4.88. The second kappa shape index (κ2) is 7.23. The molecule has 0 saturated carbocycles. The minimum Gasteiger partial charge on any atom is -0.457 e. The van der Waals surface area contributed by atoms with Gasteiger partial charge in [0.05, 0.1) is 4.90 Å². The second-order valence-corrected chi connectivity index (χ2v) is 7.93. The van der Waals surface area contributed by atoms with Gasteiger partial charge in [0.1, 0.15) is 11.5 Å². The van der Waals surface area contributed by atoms with E-state index in [1.165, 1.54) is 12.1 Å². The fourth-order valence-electron chi connectivity index (χ4n) is 2.05. The van der Waals surface area contributed by atoms with Crippen LogP contribution in [0.25, 0.3) is 0 Å². The fraction of sp³-hybridized carbons (Fsp3) is 0. The predicted molar refractivity (Wildman–Crippen MR) is 103 cm³/mol. The first-order valence-electron chi connectivity index (χ1n) is 7.14. The summed E-state index contributed by atoms with van der Waals surface area (Å²) in [6.07, 6.45) is 0. The molecule has 0 radical (unpaired) electrons. The van der Waals surface area contributed by atoms with Gasteiger partial charge >= 0.3 is 0 Å². The zero-order valence-electron chi connectivity index (χ0n) is 12.5. The van der Waals surface area contributed by atoms with E-state index in [1.54, 1.807) is 36.4 Å². The molecule has 122 valence electrons. The lowest BCUT2D eigenvalue weighted by atomic mass is 10.3. The average molecular weight is 451 g/mol. The molecule has 0 heterocycles. The first-order chi connectivity index (χ1) is 11.5. The summed E-state index contributed by atoms with van der Waals surface area (Å²) < 4.78 is 34.1. The number of hydrogen-bond acceptors (Lipinski definition) is 3. The molecule has 0 aromatic heterocycles. The Morgan fingerprint density at radius 3 is 1.88 bits per heavy atom. The minimum atomic E-state index is -3.62. The van der Waals surface area contributed by atoms with Crippen molar-refractivity contribution in [1.29, 1.82) is 0 Å². The Hall–Kier alpha value is -2.06. The molecule has 0 unspecified atom stereocenters. The summed E-state index contributed by atoms with van der Waals surface area (Å²) in [4.78, 5) is 0.182. The molecule has 0 aliphatic rings. The van der Waals surface area contributed by atoms with Crippen LogP contribution < -0.4 is 9.46 Å². The van der Waals surface area contributed by atoms with E-state index in [0.29, 0.717) is 17.2 Å². The Morgan fingerprint density at radius 1 is 0.750 bits per heavy atom. The quantitative estimate of drug-likeness (QED) is 0.563. The molecule has 1 N–H and O–H groups in total. The molecule has 4 nitrogen and oxygen atoms in total. The number of halogens is 1. The third-order valence-corrected chi connectivity index (χ3v) is 5.33. The summed E-state index contributed by atoms with van der Waals surface area (Å²) in [7, 11) is -3.62. The van der Waals surface area contributed by atoms with Crippen molar-refractivity contribution in [2.75, 3.05) is 4.72 Å². The van der Waals surface area contributed by atoms with Crippen molar-refractivity contribution in [3.05, 3.63) is 82.4 Å². The van der Waals surface area contributed by atoms with Gasteiger partial charge in [-0.1, -0.05) is 18.2 Å². The van der Waals surface area contributed by atoms with Crippen molar-refractivity contribution in [2.45, 2.75) is 4.90 Å². The lowest BCUT2D eigenvalue weighted by Gasteiger charge is -2.09. The molecule has 3 aromatic rings. The van der Waals surface area contributed by atoms with Gasteiger partial charge in [-0.15, -0.1) is 0 Å². The van der Waals surface area contributed by atoms with E-state index in [-0.39, 0.29) is 4.90 Å². The third-order valence-electron chi connectivity index (χ3n) is 3.21. The molecule has 6 heteroatoms. The molecule has 3 aromatic carbocycles. The number of anilines is 1. The third kappa shape index (κ3) is 4.27. The molecule has 0 bridgehead atoms. The molecule has 0 spiro atoms. The normalized spacial score (nSPS) is 11.0. The molecule has 0 amide bonds. The summed E-state index contributed by atoms with van der Waals surface area (Å²) in [5, 5.41) is 0. The van der Waals surface area contributed by atoms with Crippen LogP contribution in [0.2, 0.25) is 0 Å². The van der Waals surface area contributed by atoms with Crippen molar-refractivity contribution in [3.8, 4) is 11.5 Å². The van der Waals surface area contributed by atoms with Crippen LogP contribution in [0.5, 0.6) is 11.5 Å². The van der Waals surface area contributed by atoms with E-state index in [1.807, 2.05) is 30.3 Å². The lowest BCUT2D eigenvalue weighted by Crippen LogP contribution is -2.12. The highest BCUT2D eigenvalue weighted by Gasteiger charge is 2.14. The molecular weight excluding hydrogens is 437 g/mol. The Morgan fingerprint density at radius 2 is 1.29 bits per heavy atom. The highest BCUT2D eigenvalue weighted by atomic mass is 127. The molecule has 0 aliphatic heterocycles. The van der Waals surface area contributed by atoms with E-state index in [4.69, 9.17) is 4.74 Å². The Bertz CT molecular complexity index is 909. The Balaban J connectivity index is 1.75. The van der Waals surface area contributed by atoms with E-state index >= 15 is 0 Å². The number of hydrogen-bond donors (Lipinski definition) is 1. The van der Waals surface area contributed by atoms with Crippen LogP contribution in [-0.2, 0) is 10.0 Å². The summed E-state index contributed by atoms with van der Waals surface area (Å²) in [5.74, 6) is 1.28. The number of para-hydroxylation sites is 1. The van der Waals surface area contributed by atoms with Gasteiger partial charge in [0.15, 0.2) is 0 Å². The molecule has 0 atom stereocenters.